The van der Waals surface area contributed by atoms with Gasteiger partial charge < -0.3 is 4.57 Å². The van der Waals surface area contributed by atoms with Crippen molar-refractivity contribution in [3.63, 3.8) is 0 Å². The third-order valence-electron chi connectivity index (χ3n) is 6.04. The van der Waals surface area contributed by atoms with Crippen molar-refractivity contribution in [3.05, 3.63) is 126 Å². The number of aromatic nitrogens is 1. The Kier molecular flexibility index (Phi) is 4.66. The fourth-order valence-electron chi connectivity index (χ4n) is 4.56. The van der Waals surface area contributed by atoms with Crippen molar-refractivity contribution in [1.29, 1.82) is 0 Å². The molecule has 152 valence electrons. The van der Waals surface area contributed by atoms with Gasteiger partial charge in [-0.1, -0.05) is 101 Å². The number of nitrogens with zero attached hydrogens (tertiary/aromatic N) is 1. The van der Waals surface area contributed by atoms with E-state index in [1.807, 2.05) is 0 Å². The number of hydrogen-bond donors (Lipinski definition) is 0. The molecule has 0 amide bonds. The van der Waals surface area contributed by atoms with Gasteiger partial charge in [0.2, 0.25) is 0 Å². The minimum absolute atomic E-state index is 1.08. The third-order valence-corrected chi connectivity index (χ3v) is 6.54. The van der Waals surface area contributed by atoms with Gasteiger partial charge in [0, 0.05) is 20.9 Å². The summed E-state index contributed by atoms with van der Waals surface area (Å²) in [5, 5.41) is 2.53. The standard InChI is InChI=1S/C30H20BrN/c31-25-16-17-28-27-14-4-5-15-29(27)32(30(28)20-25)26-13-7-12-24(19-26)23-11-6-10-22(18-23)21-8-2-1-3-9-21/h1-20H. The molecular weight excluding hydrogens is 454 g/mol. The van der Waals surface area contributed by atoms with E-state index in [1.54, 1.807) is 0 Å². The highest BCUT2D eigenvalue weighted by molar-refractivity contribution is 9.10. The van der Waals surface area contributed by atoms with Crippen molar-refractivity contribution < 1.29 is 0 Å². The van der Waals surface area contributed by atoms with Crippen LogP contribution in [0.15, 0.2) is 126 Å². The van der Waals surface area contributed by atoms with Gasteiger partial charge in [-0.3, -0.25) is 0 Å². The molecule has 0 radical (unpaired) electrons. The predicted molar refractivity (Wildman–Crippen MR) is 139 cm³/mol. The highest BCUT2D eigenvalue weighted by Gasteiger charge is 2.13. The minimum atomic E-state index is 1.08. The summed E-state index contributed by atoms with van der Waals surface area (Å²) in [6.07, 6.45) is 0. The number of benzene rings is 5. The first kappa shape index (κ1) is 19.1. The lowest BCUT2D eigenvalue weighted by atomic mass is 9.99. The van der Waals surface area contributed by atoms with E-state index in [-0.39, 0.29) is 0 Å². The van der Waals surface area contributed by atoms with Crippen LogP contribution in [-0.4, -0.2) is 4.57 Å². The molecule has 0 unspecified atom stereocenters. The summed E-state index contributed by atoms with van der Waals surface area (Å²) in [4.78, 5) is 0. The zero-order chi connectivity index (χ0) is 21.5. The fraction of sp³-hybridized carbons (Fsp3) is 0. The van der Waals surface area contributed by atoms with Crippen LogP contribution in [0.5, 0.6) is 0 Å². The molecule has 0 spiro atoms. The molecular formula is C30H20BrN. The summed E-state index contributed by atoms with van der Waals surface area (Å²) in [5.41, 5.74) is 8.48. The number of fused-ring (bicyclic) bond motifs is 3. The van der Waals surface area contributed by atoms with Gasteiger partial charge in [-0.05, 0) is 58.7 Å². The van der Waals surface area contributed by atoms with E-state index >= 15 is 0 Å². The molecule has 0 saturated carbocycles. The summed E-state index contributed by atoms with van der Waals surface area (Å²) in [5.74, 6) is 0. The molecule has 1 heterocycles. The molecule has 6 rings (SSSR count). The first-order chi connectivity index (χ1) is 15.8. The quantitative estimate of drug-likeness (QED) is 0.241. The van der Waals surface area contributed by atoms with Crippen LogP contribution in [0.2, 0.25) is 0 Å². The SMILES string of the molecule is Brc1ccc2c3ccccc3n(-c3cccc(-c4cccc(-c5ccccc5)c4)c3)c2c1. The molecule has 0 saturated heterocycles. The summed E-state index contributed by atoms with van der Waals surface area (Å²) >= 11 is 3.66. The topological polar surface area (TPSA) is 4.93 Å². The van der Waals surface area contributed by atoms with Gasteiger partial charge in [-0.25, -0.2) is 0 Å². The first-order valence-corrected chi connectivity index (χ1v) is 11.5. The van der Waals surface area contributed by atoms with Crippen LogP contribution in [0.25, 0.3) is 49.7 Å². The maximum absolute atomic E-state index is 3.66. The fourth-order valence-corrected chi connectivity index (χ4v) is 4.90. The monoisotopic (exact) mass is 473 g/mol. The summed E-state index contributed by atoms with van der Waals surface area (Å²) in [7, 11) is 0. The number of halogens is 1. The second-order valence-corrected chi connectivity index (χ2v) is 8.93. The molecule has 0 N–H and O–H groups in total. The lowest BCUT2D eigenvalue weighted by molar-refractivity contribution is 1.18. The molecule has 0 aliphatic carbocycles. The van der Waals surface area contributed by atoms with E-state index in [2.05, 4.69) is 142 Å². The summed E-state index contributed by atoms with van der Waals surface area (Å²) in [6.45, 7) is 0. The summed E-state index contributed by atoms with van der Waals surface area (Å²) < 4.78 is 3.45. The van der Waals surface area contributed by atoms with Crippen LogP contribution in [0.1, 0.15) is 0 Å². The Morgan fingerprint density at radius 2 is 1.06 bits per heavy atom. The maximum Gasteiger partial charge on any atom is 0.0552 e. The van der Waals surface area contributed by atoms with Gasteiger partial charge in [0.05, 0.1) is 11.0 Å². The summed E-state index contributed by atoms with van der Waals surface area (Å²) in [6, 6.07) is 43.3. The maximum atomic E-state index is 3.66. The van der Waals surface area contributed by atoms with E-state index < -0.39 is 0 Å². The van der Waals surface area contributed by atoms with Crippen molar-refractivity contribution in [2.75, 3.05) is 0 Å². The number of para-hydroxylation sites is 1. The lowest BCUT2D eigenvalue weighted by Gasteiger charge is -2.11. The molecule has 1 aromatic heterocycles. The van der Waals surface area contributed by atoms with Gasteiger partial charge in [0.15, 0.2) is 0 Å². The van der Waals surface area contributed by atoms with Crippen molar-refractivity contribution >= 4 is 37.7 Å². The van der Waals surface area contributed by atoms with Crippen molar-refractivity contribution in [2.45, 2.75) is 0 Å². The Labute approximate surface area is 195 Å². The Bertz CT molecular complexity index is 1580. The second-order valence-electron chi connectivity index (χ2n) is 8.01. The second kappa shape index (κ2) is 7.81. The predicted octanol–water partition coefficient (Wildman–Crippen LogP) is 8.88. The Hall–Kier alpha value is -3.62. The van der Waals surface area contributed by atoms with Crippen LogP contribution >= 0.6 is 15.9 Å². The molecule has 1 nitrogen and oxygen atoms in total. The minimum Gasteiger partial charge on any atom is -0.309 e. The smallest absolute Gasteiger partial charge is 0.0552 e. The molecule has 2 heteroatoms. The molecule has 0 fully saturated rings. The zero-order valence-corrected chi connectivity index (χ0v) is 19.0. The Balaban J connectivity index is 1.54. The van der Waals surface area contributed by atoms with Gasteiger partial charge in [-0.15, -0.1) is 0 Å². The van der Waals surface area contributed by atoms with E-state index in [4.69, 9.17) is 0 Å². The number of hydrogen-bond acceptors (Lipinski definition) is 0. The highest BCUT2D eigenvalue weighted by Crippen LogP contribution is 2.35. The lowest BCUT2D eigenvalue weighted by Crippen LogP contribution is -1.94. The zero-order valence-electron chi connectivity index (χ0n) is 17.4. The van der Waals surface area contributed by atoms with Crippen molar-refractivity contribution in [2.24, 2.45) is 0 Å². The van der Waals surface area contributed by atoms with Crippen LogP contribution in [0, 0.1) is 0 Å². The van der Waals surface area contributed by atoms with E-state index in [0.717, 1.165) is 10.2 Å². The van der Waals surface area contributed by atoms with Crippen LogP contribution in [0.3, 0.4) is 0 Å². The van der Waals surface area contributed by atoms with Gasteiger partial charge in [0.25, 0.3) is 0 Å². The highest BCUT2D eigenvalue weighted by atomic mass is 79.9. The van der Waals surface area contributed by atoms with Gasteiger partial charge >= 0.3 is 0 Å². The molecule has 32 heavy (non-hydrogen) atoms. The molecule has 0 aliphatic heterocycles. The molecule has 0 atom stereocenters. The average Bonchev–Trinajstić information content (AvgIpc) is 3.18. The normalized spacial score (nSPS) is 11.3. The van der Waals surface area contributed by atoms with E-state index in [0.29, 0.717) is 0 Å². The number of rotatable bonds is 3. The third kappa shape index (κ3) is 3.24. The van der Waals surface area contributed by atoms with Gasteiger partial charge in [-0.2, -0.15) is 0 Å². The molecule has 0 bridgehead atoms. The van der Waals surface area contributed by atoms with Crippen molar-refractivity contribution in [3.8, 4) is 27.9 Å². The largest absolute Gasteiger partial charge is 0.309 e. The first-order valence-electron chi connectivity index (χ1n) is 10.7. The van der Waals surface area contributed by atoms with Crippen LogP contribution < -0.4 is 0 Å². The molecule has 6 aromatic rings. The average molecular weight is 474 g/mol. The van der Waals surface area contributed by atoms with Gasteiger partial charge in [0.1, 0.15) is 0 Å². The molecule has 0 aliphatic rings. The van der Waals surface area contributed by atoms with Crippen molar-refractivity contribution in [1.82, 2.24) is 4.57 Å². The van der Waals surface area contributed by atoms with Crippen LogP contribution in [0.4, 0.5) is 0 Å². The molecule has 5 aromatic carbocycles. The Morgan fingerprint density at radius 1 is 0.438 bits per heavy atom. The van der Waals surface area contributed by atoms with E-state index in [1.165, 1.54) is 44.1 Å². The van der Waals surface area contributed by atoms with E-state index in [9.17, 15) is 0 Å². The van der Waals surface area contributed by atoms with Crippen LogP contribution in [-0.2, 0) is 0 Å². The Morgan fingerprint density at radius 3 is 1.91 bits per heavy atom.